The fourth-order valence-electron chi connectivity index (χ4n) is 2.54. The zero-order chi connectivity index (χ0) is 13.4. The molecule has 0 aromatic heterocycles. The summed E-state index contributed by atoms with van der Waals surface area (Å²) in [7, 11) is 0. The maximum absolute atomic E-state index is 13.0. The first-order valence-corrected chi connectivity index (χ1v) is 5.67. The summed E-state index contributed by atoms with van der Waals surface area (Å²) in [6.45, 7) is 1.62. The van der Waals surface area contributed by atoms with Crippen molar-refractivity contribution in [3.8, 4) is 0 Å². The zero-order valence-electron chi connectivity index (χ0n) is 9.84. The van der Waals surface area contributed by atoms with Gasteiger partial charge in [0.25, 0.3) is 0 Å². The van der Waals surface area contributed by atoms with Gasteiger partial charge < -0.3 is 0 Å². The van der Waals surface area contributed by atoms with Gasteiger partial charge in [-0.25, -0.2) is 4.79 Å². The van der Waals surface area contributed by atoms with E-state index in [0.717, 1.165) is 12.5 Å². The van der Waals surface area contributed by atoms with Gasteiger partial charge in [0.2, 0.25) is 6.08 Å². The van der Waals surface area contributed by atoms with Crippen molar-refractivity contribution in [2.24, 2.45) is 4.99 Å². The lowest BCUT2D eigenvalue weighted by atomic mass is 9.69. The minimum atomic E-state index is -4.43. The van der Waals surface area contributed by atoms with Gasteiger partial charge in [-0.1, -0.05) is 12.1 Å². The second-order valence-electron chi connectivity index (χ2n) is 4.58. The number of aliphatic imine (C=N–C) groups is 1. The fraction of sp³-hybridized carbons (Fsp3) is 0.462. The van der Waals surface area contributed by atoms with Crippen LogP contribution in [0.3, 0.4) is 0 Å². The maximum atomic E-state index is 13.0. The third-order valence-corrected chi connectivity index (χ3v) is 3.48. The topological polar surface area (TPSA) is 29.4 Å². The van der Waals surface area contributed by atoms with E-state index in [1.807, 2.05) is 0 Å². The van der Waals surface area contributed by atoms with E-state index in [-0.39, 0.29) is 5.56 Å². The molecule has 0 amide bonds. The molecule has 2 nitrogen and oxygen atoms in total. The Morgan fingerprint density at radius 1 is 1.33 bits per heavy atom. The lowest BCUT2D eigenvalue weighted by Crippen LogP contribution is -2.35. The molecule has 96 valence electrons. The summed E-state index contributed by atoms with van der Waals surface area (Å²) >= 11 is 0. The molecule has 0 spiro atoms. The molecule has 0 N–H and O–H groups in total. The lowest BCUT2D eigenvalue weighted by molar-refractivity contribution is -0.139. The van der Waals surface area contributed by atoms with Crippen molar-refractivity contribution < 1.29 is 18.0 Å². The van der Waals surface area contributed by atoms with Crippen LogP contribution in [0.15, 0.2) is 23.2 Å². The largest absolute Gasteiger partial charge is 0.416 e. The molecule has 18 heavy (non-hydrogen) atoms. The average Bonchev–Trinajstić information content (AvgIpc) is 2.22. The number of alkyl halides is 3. The third kappa shape index (κ3) is 1.95. The van der Waals surface area contributed by atoms with Gasteiger partial charge in [-0.3, -0.25) is 0 Å². The Hall–Kier alpha value is -1.61. The molecule has 0 bridgehead atoms. The Labute approximate surface area is 103 Å². The summed E-state index contributed by atoms with van der Waals surface area (Å²) in [5.74, 6) is 0. The van der Waals surface area contributed by atoms with E-state index >= 15 is 0 Å². The Bertz CT molecular complexity index is 511. The van der Waals surface area contributed by atoms with Gasteiger partial charge in [-0.05, 0) is 43.4 Å². The quantitative estimate of drug-likeness (QED) is 0.585. The number of halogens is 3. The van der Waals surface area contributed by atoms with E-state index < -0.39 is 17.3 Å². The maximum Gasteiger partial charge on any atom is 0.416 e. The van der Waals surface area contributed by atoms with Gasteiger partial charge in [-0.2, -0.15) is 18.2 Å². The molecule has 5 heteroatoms. The van der Waals surface area contributed by atoms with Gasteiger partial charge in [0.15, 0.2) is 0 Å². The van der Waals surface area contributed by atoms with Crippen LogP contribution in [-0.2, 0) is 16.5 Å². The van der Waals surface area contributed by atoms with Crippen LogP contribution in [0.5, 0.6) is 0 Å². The second kappa shape index (κ2) is 4.25. The normalized spacial score (nSPS) is 17.8. The highest BCUT2D eigenvalue weighted by Gasteiger charge is 2.46. The zero-order valence-corrected chi connectivity index (χ0v) is 9.84. The number of rotatable bonds is 2. The van der Waals surface area contributed by atoms with Crippen molar-refractivity contribution >= 4 is 6.08 Å². The van der Waals surface area contributed by atoms with Gasteiger partial charge >= 0.3 is 6.18 Å². The van der Waals surface area contributed by atoms with Crippen LogP contribution in [0.25, 0.3) is 0 Å². The highest BCUT2D eigenvalue weighted by Crippen LogP contribution is 2.50. The summed E-state index contributed by atoms with van der Waals surface area (Å²) in [6, 6.07) is 4.03. The van der Waals surface area contributed by atoms with Gasteiger partial charge in [-0.15, -0.1) is 0 Å². The average molecular weight is 255 g/mol. The van der Waals surface area contributed by atoms with Crippen LogP contribution in [0.1, 0.15) is 36.0 Å². The molecule has 0 aliphatic heterocycles. The molecule has 1 saturated carbocycles. The first-order chi connectivity index (χ1) is 8.41. The van der Waals surface area contributed by atoms with E-state index in [9.17, 15) is 18.0 Å². The van der Waals surface area contributed by atoms with Crippen LogP contribution in [-0.4, -0.2) is 6.08 Å². The van der Waals surface area contributed by atoms with Crippen LogP contribution < -0.4 is 0 Å². The number of benzene rings is 1. The Morgan fingerprint density at radius 2 is 2.00 bits per heavy atom. The van der Waals surface area contributed by atoms with Gasteiger partial charge in [0, 0.05) is 0 Å². The van der Waals surface area contributed by atoms with Crippen molar-refractivity contribution in [1.29, 1.82) is 0 Å². The number of carbonyl (C=O) groups excluding carboxylic acids is 1. The molecule has 1 fully saturated rings. The summed E-state index contributed by atoms with van der Waals surface area (Å²) in [5, 5.41) is 0. The van der Waals surface area contributed by atoms with Crippen LogP contribution >= 0.6 is 0 Å². The van der Waals surface area contributed by atoms with E-state index in [1.54, 1.807) is 13.0 Å². The highest BCUT2D eigenvalue weighted by atomic mass is 19.4. The molecular formula is C13H12F3NO. The predicted octanol–water partition coefficient (Wildman–Crippen LogP) is 3.73. The van der Waals surface area contributed by atoms with Crippen molar-refractivity contribution in [3.63, 3.8) is 0 Å². The van der Waals surface area contributed by atoms with E-state index in [1.165, 1.54) is 12.1 Å². The number of hydrogen-bond donors (Lipinski definition) is 0. The minimum Gasteiger partial charge on any atom is -0.211 e. The summed E-state index contributed by atoms with van der Waals surface area (Å²) < 4.78 is 39.1. The molecule has 1 aromatic carbocycles. The Morgan fingerprint density at radius 3 is 2.44 bits per heavy atom. The smallest absolute Gasteiger partial charge is 0.211 e. The molecular weight excluding hydrogens is 243 g/mol. The molecule has 0 radical (unpaired) electrons. The summed E-state index contributed by atoms with van der Waals surface area (Å²) in [5.41, 5.74) is -1.06. The van der Waals surface area contributed by atoms with E-state index in [4.69, 9.17) is 0 Å². The second-order valence-corrected chi connectivity index (χ2v) is 4.58. The van der Waals surface area contributed by atoms with E-state index in [2.05, 4.69) is 4.99 Å². The lowest BCUT2D eigenvalue weighted by Gasteiger charge is -2.39. The SMILES string of the molecule is Cc1cccc(C(F)(F)F)c1C1(N=C=O)CCC1. The van der Waals surface area contributed by atoms with Crippen LogP contribution in [0.4, 0.5) is 13.2 Å². The fourth-order valence-corrected chi connectivity index (χ4v) is 2.54. The van der Waals surface area contributed by atoms with Crippen LogP contribution in [0.2, 0.25) is 0 Å². The molecule has 1 aromatic rings. The molecule has 0 saturated heterocycles. The predicted molar refractivity (Wildman–Crippen MR) is 59.8 cm³/mol. The van der Waals surface area contributed by atoms with Crippen molar-refractivity contribution in [2.45, 2.75) is 37.9 Å². The standard InChI is InChI=1S/C13H12F3NO/c1-9-4-2-5-10(13(14,15)16)11(9)12(17-8-18)6-3-7-12/h2,4-5H,3,6-7H2,1H3. The van der Waals surface area contributed by atoms with Crippen molar-refractivity contribution in [3.05, 3.63) is 34.9 Å². The number of isocyanates is 1. The van der Waals surface area contributed by atoms with Gasteiger partial charge in [0.1, 0.15) is 0 Å². The summed E-state index contributed by atoms with van der Waals surface area (Å²) in [6.07, 6.45) is -1.29. The molecule has 0 atom stereocenters. The Balaban J connectivity index is 2.66. The number of hydrogen-bond acceptors (Lipinski definition) is 2. The monoisotopic (exact) mass is 255 g/mol. The molecule has 1 aliphatic carbocycles. The third-order valence-electron chi connectivity index (χ3n) is 3.48. The molecule has 1 aliphatic rings. The number of aryl methyl sites for hydroxylation is 1. The molecule has 2 rings (SSSR count). The number of nitrogens with zero attached hydrogens (tertiary/aromatic N) is 1. The van der Waals surface area contributed by atoms with Gasteiger partial charge in [0.05, 0.1) is 11.1 Å². The first kappa shape index (κ1) is 12.8. The van der Waals surface area contributed by atoms with Crippen molar-refractivity contribution in [2.75, 3.05) is 0 Å². The van der Waals surface area contributed by atoms with Crippen LogP contribution in [0, 0.1) is 6.92 Å². The first-order valence-electron chi connectivity index (χ1n) is 5.67. The Kier molecular flexibility index (Phi) is 3.03. The highest BCUT2D eigenvalue weighted by molar-refractivity contribution is 5.47. The minimum absolute atomic E-state index is 0.132. The molecule has 0 unspecified atom stereocenters. The summed E-state index contributed by atoms with van der Waals surface area (Å²) in [4.78, 5) is 14.1. The van der Waals surface area contributed by atoms with E-state index in [0.29, 0.717) is 18.4 Å². The van der Waals surface area contributed by atoms with Crippen molar-refractivity contribution in [1.82, 2.24) is 0 Å². The molecule has 0 heterocycles.